The predicted molar refractivity (Wildman–Crippen MR) is 157 cm³/mol. The normalized spacial score (nSPS) is 31.7. The Hall–Kier alpha value is 0.628. The van der Waals surface area contributed by atoms with Crippen LogP contribution in [0.1, 0.15) is 58.8 Å². The number of epoxide rings is 2. The molecule has 2 heterocycles. The van der Waals surface area contributed by atoms with Gasteiger partial charge in [-0.2, -0.15) is 0 Å². The first kappa shape index (κ1) is 33.7. The Bertz CT molecular complexity index is 628. The Morgan fingerprint density at radius 1 is 0.743 bits per heavy atom. The molecule has 4 rings (SSSR count). The molecular weight excluding hydrogens is 509 g/mol. The predicted octanol–water partition coefficient (Wildman–Crippen LogP) is 5.82. The van der Waals surface area contributed by atoms with Gasteiger partial charge in [0, 0.05) is 0 Å². The maximum absolute atomic E-state index is 9.87. The molecule has 4 fully saturated rings. The molecule has 3 N–H and O–H groups in total. The van der Waals surface area contributed by atoms with Crippen LogP contribution in [-0.2, 0) is 17.7 Å². The van der Waals surface area contributed by atoms with Crippen molar-refractivity contribution < 1.29 is 28.0 Å². The third-order valence-electron chi connectivity index (χ3n) is 7.62. The molecule has 0 bridgehead atoms. The highest BCUT2D eigenvalue weighted by Crippen LogP contribution is 2.42. The van der Waals surface area contributed by atoms with E-state index in [0.717, 1.165) is 11.8 Å². The van der Waals surface area contributed by atoms with Gasteiger partial charge in [0.2, 0.25) is 0 Å². The van der Waals surface area contributed by atoms with Gasteiger partial charge in [0.15, 0.2) is 25.7 Å². The molecule has 2 saturated carbocycles. The standard InChI is InChI=1S/C12H26O3Si2.C12H26O2Si2.CH4.H2O/c1-16(2,15-17(3,4)13)8-7-10-5-6-11-12(9-10)14-11;1-15(2)14-16(3,4)8-7-10-5-6-11-12(9-10)13-11;;/h10-13H,5-9H2,1-4H3;10-12,15H,5-9H2,1-4H3;1H4;1H2. The van der Waals surface area contributed by atoms with Crippen LogP contribution in [0.2, 0.25) is 64.5 Å². The number of ether oxygens (including phenoxy) is 2. The molecular formula is C25H58O6Si4. The molecule has 2 saturated heterocycles. The average Bonchev–Trinajstić information content (AvgIpc) is 3.56. The number of fused-ring (bicyclic) bond motifs is 2. The van der Waals surface area contributed by atoms with Crippen LogP contribution in [0.15, 0.2) is 0 Å². The molecule has 2 aliphatic heterocycles. The minimum atomic E-state index is -2.35. The van der Waals surface area contributed by atoms with Crippen LogP contribution in [0, 0.1) is 11.8 Å². The third-order valence-corrected chi connectivity index (χ3v) is 19.2. The Balaban J connectivity index is 0.000000332. The van der Waals surface area contributed by atoms with Gasteiger partial charge in [0.1, 0.15) is 0 Å². The van der Waals surface area contributed by atoms with Gasteiger partial charge < -0.3 is 28.0 Å². The van der Waals surface area contributed by atoms with E-state index in [0.29, 0.717) is 24.4 Å². The van der Waals surface area contributed by atoms with Crippen molar-refractivity contribution in [1.29, 1.82) is 0 Å². The fourth-order valence-electron chi connectivity index (χ4n) is 6.03. The summed E-state index contributed by atoms with van der Waals surface area (Å²) in [5.41, 5.74) is 0. The van der Waals surface area contributed by atoms with Gasteiger partial charge in [-0.3, -0.25) is 0 Å². The summed E-state index contributed by atoms with van der Waals surface area (Å²) in [5.74, 6) is 1.76. The Kier molecular flexibility index (Phi) is 13.1. The second kappa shape index (κ2) is 13.6. The van der Waals surface area contributed by atoms with Crippen molar-refractivity contribution in [3.05, 3.63) is 0 Å². The van der Waals surface area contributed by atoms with Gasteiger partial charge >= 0.3 is 8.56 Å². The number of rotatable bonds is 10. The summed E-state index contributed by atoms with van der Waals surface area (Å²) >= 11 is 0. The van der Waals surface area contributed by atoms with Gasteiger partial charge in [-0.1, -0.05) is 20.3 Å². The summed E-state index contributed by atoms with van der Waals surface area (Å²) < 4.78 is 23.3. The van der Waals surface area contributed by atoms with Crippen LogP contribution in [0.5, 0.6) is 0 Å². The van der Waals surface area contributed by atoms with Crippen molar-refractivity contribution >= 4 is 34.2 Å². The minimum Gasteiger partial charge on any atom is -0.458 e. The number of hydrogen-bond acceptors (Lipinski definition) is 5. The monoisotopic (exact) mass is 566 g/mol. The van der Waals surface area contributed by atoms with E-state index >= 15 is 0 Å². The van der Waals surface area contributed by atoms with Crippen LogP contribution in [0.3, 0.4) is 0 Å². The van der Waals surface area contributed by atoms with E-state index < -0.39 is 34.2 Å². The number of hydrogen-bond donors (Lipinski definition) is 1. The van der Waals surface area contributed by atoms with Gasteiger partial charge in [-0.25, -0.2) is 0 Å². The quantitative estimate of drug-likeness (QED) is 0.265. The van der Waals surface area contributed by atoms with Gasteiger partial charge in [0.25, 0.3) is 0 Å². The highest BCUT2D eigenvalue weighted by atomic mass is 28.4. The Morgan fingerprint density at radius 2 is 1.17 bits per heavy atom. The lowest BCUT2D eigenvalue weighted by Crippen LogP contribution is -2.44. The van der Waals surface area contributed by atoms with Crippen LogP contribution < -0.4 is 0 Å². The van der Waals surface area contributed by atoms with Crippen LogP contribution in [0.25, 0.3) is 0 Å². The molecule has 0 spiro atoms. The van der Waals surface area contributed by atoms with E-state index in [1.165, 1.54) is 63.5 Å². The molecule has 0 aromatic heterocycles. The zero-order valence-electron chi connectivity index (χ0n) is 23.2. The molecule has 10 heteroatoms. The van der Waals surface area contributed by atoms with Crippen LogP contribution in [0.4, 0.5) is 0 Å². The summed E-state index contributed by atoms with van der Waals surface area (Å²) in [6, 6.07) is 2.52. The van der Waals surface area contributed by atoms with E-state index in [4.69, 9.17) is 17.7 Å². The molecule has 2 aliphatic carbocycles. The third kappa shape index (κ3) is 12.8. The molecule has 4 aliphatic rings. The first-order valence-corrected chi connectivity index (χ1v) is 25.5. The highest BCUT2D eigenvalue weighted by Gasteiger charge is 2.45. The van der Waals surface area contributed by atoms with Gasteiger partial charge in [0.05, 0.1) is 24.4 Å². The van der Waals surface area contributed by atoms with Gasteiger partial charge in [-0.05, 0) is 115 Å². The molecule has 0 aromatic carbocycles. The van der Waals surface area contributed by atoms with Crippen molar-refractivity contribution in [2.45, 2.75) is 148 Å². The molecule has 6 nitrogen and oxygen atoms in total. The first-order valence-electron chi connectivity index (χ1n) is 13.6. The lowest BCUT2D eigenvalue weighted by molar-refractivity contribution is 0.349. The lowest BCUT2D eigenvalue weighted by Gasteiger charge is -2.31. The van der Waals surface area contributed by atoms with Crippen LogP contribution in [-0.4, -0.2) is 68.9 Å². The molecule has 0 amide bonds. The van der Waals surface area contributed by atoms with Gasteiger partial charge in [-0.15, -0.1) is 0 Å². The van der Waals surface area contributed by atoms with Crippen molar-refractivity contribution in [3.63, 3.8) is 0 Å². The maximum atomic E-state index is 9.87. The van der Waals surface area contributed by atoms with E-state index in [2.05, 4.69) is 39.3 Å². The minimum absolute atomic E-state index is 0. The summed E-state index contributed by atoms with van der Waals surface area (Å²) in [5, 5.41) is 0. The fourth-order valence-corrected chi connectivity index (χ4v) is 19.6. The second-order valence-corrected chi connectivity index (χ2v) is 27.9. The van der Waals surface area contributed by atoms with E-state index in [1.807, 2.05) is 13.1 Å². The van der Waals surface area contributed by atoms with E-state index in [9.17, 15) is 4.80 Å². The summed E-state index contributed by atoms with van der Waals surface area (Å²) in [4.78, 5) is 9.87. The molecule has 6 atom stereocenters. The molecule has 210 valence electrons. The largest absolute Gasteiger partial charge is 0.458 e. The first-order chi connectivity index (χ1) is 15.2. The molecule has 6 unspecified atom stereocenters. The zero-order valence-corrected chi connectivity index (χ0v) is 27.3. The van der Waals surface area contributed by atoms with Crippen molar-refractivity contribution in [3.8, 4) is 0 Å². The highest BCUT2D eigenvalue weighted by molar-refractivity contribution is 6.81. The van der Waals surface area contributed by atoms with Crippen molar-refractivity contribution in [1.82, 2.24) is 0 Å². The van der Waals surface area contributed by atoms with Crippen LogP contribution >= 0.6 is 0 Å². The Morgan fingerprint density at radius 3 is 1.54 bits per heavy atom. The maximum Gasteiger partial charge on any atom is 0.318 e. The zero-order chi connectivity index (χ0) is 24.4. The second-order valence-electron chi connectivity index (χ2n) is 13.1. The fraction of sp³-hybridized carbons (Fsp3) is 1.00. The summed E-state index contributed by atoms with van der Waals surface area (Å²) in [6.07, 6.45) is 13.0. The topological polar surface area (TPSA) is 95.2 Å². The molecule has 0 radical (unpaired) electrons. The summed E-state index contributed by atoms with van der Waals surface area (Å²) in [7, 11) is -6.18. The van der Waals surface area contributed by atoms with E-state index in [1.54, 1.807) is 0 Å². The Labute approximate surface area is 221 Å². The van der Waals surface area contributed by atoms with Crippen molar-refractivity contribution in [2.75, 3.05) is 0 Å². The SMILES string of the molecule is C.C[SiH](C)O[Si](C)(C)CCC1CCC2OC2C1.C[Si](C)(O)O[Si](C)(C)CCC1CCC2OC2C1.O. The molecule has 35 heavy (non-hydrogen) atoms. The van der Waals surface area contributed by atoms with E-state index in [-0.39, 0.29) is 12.9 Å². The molecule has 0 aromatic rings. The van der Waals surface area contributed by atoms with Crippen molar-refractivity contribution in [2.24, 2.45) is 11.8 Å². The average molecular weight is 567 g/mol. The smallest absolute Gasteiger partial charge is 0.318 e. The lowest BCUT2D eigenvalue weighted by atomic mass is 9.88. The summed E-state index contributed by atoms with van der Waals surface area (Å²) in [6.45, 7) is 17.6.